The monoisotopic (exact) mass is 1140 g/mol. The number of fused-ring (bicyclic) bond motifs is 17. The van der Waals surface area contributed by atoms with E-state index in [1.165, 1.54) is 31.3 Å². The molecule has 5 aromatic heterocycles. The molecule has 87 heavy (non-hydrogen) atoms. The third-order valence-electron chi connectivity index (χ3n) is 17.8. The van der Waals surface area contributed by atoms with Crippen molar-refractivity contribution in [3.8, 4) is 73.1 Å². The van der Waals surface area contributed by atoms with Crippen LogP contribution < -0.4 is 0 Å². The van der Waals surface area contributed by atoms with Crippen molar-refractivity contribution in [1.29, 1.82) is 5.26 Å². The van der Waals surface area contributed by atoms with E-state index in [1.807, 2.05) is 59.1 Å². The molecule has 0 atom stereocenters. The third-order valence-corrected chi connectivity index (χ3v) is 20.3. The molecule has 0 amide bonds. The summed E-state index contributed by atoms with van der Waals surface area (Å²) < 4.78 is 15.8. The highest BCUT2D eigenvalue weighted by Crippen LogP contribution is 2.56. The summed E-state index contributed by atoms with van der Waals surface area (Å²) in [4.78, 5) is 4.69. The molecule has 0 bridgehead atoms. The third kappa shape index (κ3) is 7.16. The molecule has 0 spiro atoms. The molecule has 0 saturated heterocycles. The zero-order valence-corrected chi connectivity index (χ0v) is 48.1. The van der Waals surface area contributed by atoms with Crippen LogP contribution in [0, 0.1) is 17.9 Å². The summed E-state index contributed by atoms with van der Waals surface area (Å²) in [7, 11) is 0. The first-order chi connectivity index (χ1) is 43.1. The van der Waals surface area contributed by atoms with Crippen molar-refractivity contribution in [2.24, 2.45) is 0 Å². The van der Waals surface area contributed by atoms with Crippen molar-refractivity contribution in [2.75, 3.05) is 0 Å². The van der Waals surface area contributed by atoms with Gasteiger partial charge in [-0.05, 0) is 74.8 Å². The molecular formula is C80H44N4OS2. The molecule has 402 valence electrons. The van der Waals surface area contributed by atoms with Crippen molar-refractivity contribution in [3.05, 3.63) is 284 Å². The van der Waals surface area contributed by atoms with Crippen LogP contribution in [0.15, 0.2) is 271 Å². The Morgan fingerprint density at radius 1 is 0.345 bits per heavy atom. The van der Waals surface area contributed by atoms with Crippen molar-refractivity contribution < 1.29 is 4.42 Å². The molecule has 5 heterocycles. The highest BCUT2D eigenvalue weighted by atomic mass is 32.1. The topological polar surface area (TPSA) is 51.1 Å². The predicted molar refractivity (Wildman–Crippen MR) is 366 cm³/mol. The van der Waals surface area contributed by atoms with Crippen LogP contribution in [-0.4, -0.2) is 9.13 Å². The predicted octanol–water partition coefficient (Wildman–Crippen LogP) is 23.3. The first kappa shape index (κ1) is 49.1. The van der Waals surface area contributed by atoms with Crippen molar-refractivity contribution in [3.63, 3.8) is 0 Å². The summed E-state index contributed by atoms with van der Waals surface area (Å²) in [5.74, 6) is 0. The van der Waals surface area contributed by atoms with Gasteiger partial charge in [0, 0.05) is 74.4 Å². The second-order valence-electron chi connectivity index (χ2n) is 22.3. The Bertz CT molecular complexity index is 5840. The fourth-order valence-electron chi connectivity index (χ4n) is 14.0. The summed E-state index contributed by atoms with van der Waals surface area (Å²) in [5.41, 5.74) is 17.5. The van der Waals surface area contributed by atoms with Gasteiger partial charge >= 0.3 is 0 Å². The zero-order valence-electron chi connectivity index (χ0n) is 46.4. The molecule has 5 nitrogen and oxygen atoms in total. The number of benzene rings is 13. The molecule has 13 aromatic carbocycles. The quantitative estimate of drug-likeness (QED) is 0.149. The van der Waals surface area contributed by atoms with Gasteiger partial charge in [0.05, 0.1) is 55.0 Å². The van der Waals surface area contributed by atoms with E-state index in [-0.39, 0.29) is 0 Å². The molecule has 0 radical (unpaired) electrons. The lowest BCUT2D eigenvalue weighted by molar-refractivity contribution is 0.669. The van der Waals surface area contributed by atoms with Gasteiger partial charge in [-0.15, -0.1) is 22.7 Å². The van der Waals surface area contributed by atoms with E-state index >= 15 is 0 Å². The number of thiophene rings is 2. The molecule has 18 rings (SSSR count). The minimum absolute atomic E-state index is 0.388. The minimum atomic E-state index is 0.388. The molecule has 18 aromatic rings. The van der Waals surface area contributed by atoms with Gasteiger partial charge in [-0.2, -0.15) is 5.26 Å². The normalized spacial score (nSPS) is 11.9. The van der Waals surface area contributed by atoms with Gasteiger partial charge in [0.25, 0.3) is 0 Å². The SMILES string of the molecule is [C-]#[N+]c1c(-c2ccccc2)c(C#N)c(-n2c3c(ccc4c5cccc(-c6ccccc6)c5sc43)c3ccc4c5cccc(-c6ccccc6)c5sc4c32)c(-c2ccccc2)c1-n1c2ccccc2c2ccc(-c3ccc4oc5ccccc5c4c3)cc21. The number of furan rings is 1. The molecule has 0 aliphatic carbocycles. The highest BCUT2D eigenvalue weighted by molar-refractivity contribution is 7.28. The summed E-state index contributed by atoms with van der Waals surface area (Å²) in [6.07, 6.45) is 0. The average molecular weight is 1140 g/mol. The Kier molecular flexibility index (Phi) is 10.8. The molecule has 0 aliphatic rings. The van der Waals surface area contributed by atoms with E-state index in [1.54, 1.807) is 0 Å². The van der Waals surface area contributed by atoms with Gasteiger partial charge in [-0.1, -0.05) is 237 Å². The average Bonchev–Trinajstić information content (AvgIpc) is 1.84. The number of nitriles is 1. The Morgan fingerprint density at radius 3 is 1.40 bits per heavy atom. The number of aromatic nitrogens is 2. The van der Waals surface area contributed by atoms with Gasteiger partial charge in [-0.3, -0.25) is 0 Å². The van der Waals surface area contributed by atoms with E-state index in [0.29, 0.717) is 28.2 Å². The lowest BCUT2D eigenvalue weighted by Crippen LogP contribution is -2.09. The van der Waals surface area contributed by atoms with Crippen LogP contribution in [0.5, 0.6) is 0 Å². The van der Waals surface area contributed by atoms with Gasteiger partial charge in [0.2, 0.25) is 5.69 Å². The second-order valence-corrected chi connectivity index (χ2v) is 24.4. The molecule has 0 aliphatic heterocycles. The maximum absolute atomic E-state index is 12.6. The largest absolute Gasteiger partial charge is 0.456 e. The summed E-state index contributed by atoms with van der Waals surface area (Å²) in [6.45, 7) is 9.65. The second kappa shape index (κ2) is 19.1. The number of rotatable bonds is 7. The summed E-state index contributed by atoms with van der Waals surface area (Å²) in [6, 6.07) is 97.5. The number of hydrogen-bond acceptors (Lipinski definition) is 4. The summed E-state index contributed by atoms with van der Waals surface area (Å²) in [5, 5.41) is 23.6. The van der Waals surface area contributed by atoms with Crippen LogP contribution in [0.3, 0.4) is 0 Å². The molecule has 7 heteroatoms. The van der Waals surface area contributed by atoms with Crippen LogP contribution in [0.25, 0.3) is 178 Å². The van der Waals surface area contributed by atoms with Gasteiger partial charge in [0.15, 0.2) is 0 Å². The smallest absolute Gasteiger partial charge is 0.220 e. The number of para-hydroxylation sites is 2. The van der Waals surface area contributed by atoms with E-state index in [0.717, 1.165) is 125 Å². The first-order valence-corrected chi connectivity index (χ1v) is 30.7. The molecule has 0 unspecified atom stereocenters. The van der Waals surface area contributed by atoms with E-state index in [4.69, 9.17) is 9.26 Å². The maximum Gasteiger partial charge on any atom is 0.220 e. The molecule has 0 saturated carbocycles. The number of hydrogen-bond donors (Lipinski definition) is 0. The van der Waals surface area contributed by atoms with Crippen LogP contribution in [0.2, 0.25) is 0 Å². The Labute approximate surface area is 506 Å². The first-order valence-electron chi connectivity index (χ1n) is 29.1. The standard InChI is InChI=1S/C80H44N4OS2/c1-82-72-70(49-24-10-4-11-25-49)65(46-81)73(71(50-26-12-5-13-27-50)76(72)83-66-34-16-14-28-55(66)56-38-36-52(45-67(56)83)51-37-43-69-64(44-51)57-29-15-17-35-68(57)85-69)84-74-58(39-41-62-60-32-18-30-53(77(60)86-79(62)74)47-20-6-2-7-21-47)59-40-42-63-61-33-19-31-54(48-22-8-3-9-23-48)78(61)87-80(63)75(59)84/h2-45H. The Hall–Kier alpha value is -11.3. The van der Waals surface area contributed by atoms with Gasteiger partial charge < -0.3 is 13.6 Å². The zero-order chi connectivity index (χ0) is 57.4. The van der Waals surface area contributed by atoms with Crippen LogP contribution in [-0.2, 0) is 0 Å². The van der Waals surface area contributed by atoms with Crippen LogP contribution >= 0.6 is 22.7 Å². The van der Waals surface area contributed by atoms with Gasteiger partial charge in [-0.25, -0.2) is 4.85 Å². The van der Waals surface area contributed by atoms with E-state index < -0.39 is 0 Å². The van der Waals surface area contributed by atoms with Crippen molar-refractivity contribution in [2.45, 2.75) is 0 Å². The Balaban J connectivity index is 1.06. The minimum Gasteiger partial charge on any atom is -0.456 e. The van der Waals surface area contributed by atoms with Crippen LogP contribution in [0.1, 0.15) is 5.56 Å². The lowest BCUT2D eigenvalue weighted by atomic mass is 9.88. The van der Waals surface area contributed by atoms with Crippen LogP contribution in [0.4, 0.5) is 5.69 Å². The fraction of sp³-hybridized carbons (Fsp3) is 0. The van der Waals surface area contributed by atoms with E-state index in [9.17, 15) is 11.8 Å². The maximum atomic E-state index is 12.6. The van der Waals surface area contributed by atoms with Crippen molar-refractivity contribution in [1.82, 2.24) is 9.13 Å². The fourth-order valence-corrected chi connectivity index (χ4v) is 16.8. The number of nitrogens with zero attached hydrogens (tertiary/aromatic N) is 4. The van der Waals surface area contributed by atoms with Gasteiger partial charge in [0.1, 0.15) is 17.2 Å². The molecular weight excluding hydrogens is 1100 g/mol. The molecule has 0 N–H and O–H groups in total. The highest BCUT2D eigenvalue weighted by Gasteiger charge is 2.33. The molecule has 0 fully saturated rings. The van der Waals surface area contributed by atoms with E-state index in [2.05, 4.69) is 246 Å². The summed E-state index contributed by atoms with van der Waals surface area (Å²) >= 11 is 3.63. The Morgan fingerprint density at radius 2 is 0.805 bits per heavy atom. The lowest BCUT2D eigenvalue weighted by Gasteiger charge is -2.26. The van der Waals surface area contributed by atoms with Crippen molar-refractivity contribution >= 4 is 134 Å².